The third-order valence-electron chi connectivity index (χ3n) is 0.437. The topological polar surface area (TPSA) is 183 Å². The summed E-state index contributed by atoms with van der Waals surface area (Å²) in [5.74, 6) is 5.07. The maximum absolute atomic E-state index is 8.36. The molecule has 0 amide bonds. The Kier molecular flexibility index (Phi) is 8.38. The highest BCUT2D eigenvalue weighted by molar-refractivity contribution is 4.55. The summed E-state index contributed by atoms with van der Waals surface area (Å²) in [4.78, 5) is 16.7. The first-order valence-corrected chi connectivity index (χ1v) is 2.62. The van der Waals surface area contributed by atoms with Crippen molar-refractivity contribution >= 4 is 0 Å². The van der Waals surface area contributed by atoms with Crippen LogP contribution >= 0.6 is 0 Å². The van der Waals surface area contributed by atoms with Gasteiger partial charge in [0.15, 0.2) is 0 Å². The quantitative estimate of drug-likeness (QED) is 0.255. The van der Waals surface area contributed by atoms with Gasteiger partial charge in [-0.25, -0.2) is 4.68 Å². The molecule has 12 nitrogen and oxygen atoms in total. The molecule has 12 heteroatoms. The molecule has 14 heavy (non-hydrogen) atoms. The van der Waals surface area contributed by atoms with Crippen molar-refractivity contribution in [3.8, 4) is 0 Å². The van der Waals surface area contributed by atoms with Gasteiger partial charge in [-0.3, -0.25) is 0 Å². The molecule has 0 aliphatic heterocycles. The van der Waals surface area contributed by atoms with Crippen LogP contribution in [-0.2, 0) is 0 Å². The van der Waals surface area contributed by atoms with Gasteiger partial charge in [0.25, 0.3) is 10.2 Å². The molecule has 1 heterocycles. The van der Waals surface area contributed by atoms with E-state index in [0.29, 0.717) is 0 Å². The fourth-order valence-corrected chi connectivity index (χ4v) is 0.209. The molecule has 80 valence electrons. The first-order valence-electron chi connectivity index (χ1n) is 2.62. The van der Waals surface area contributed by atoms with E-state index in [-0.39, 0.29) is 0 Å². The minimum atomic E-state index is -1.50. The lowest BCUT2D eigenvalue weighted by Gasteiger charge is -1.76. The Morgan fingerprint density at radius 1 is 1.14 bits per heavy atom. The first kappa shape index (κ1) is 13.9. The number of hydrogen-bond donors (Lipinski definition) is 3. The standard InChI is InChI=1S/C2H4N4.2HNO3/c3-6-1-4-5-2-6;2*2-1(3)4/h1-2H,3H2;2*(H,2,3,4). The van der Waals surface area contributed by atoms with Crippen molar-refractivity contribution < 1.29 is 20.6 Å². The lowest BCUT2D eigenvalue weighted by atomic mass is 11.3. The number of nitrogen functional groups attached to an aromatic ring is 1. The molecule has 0 saturated carbocycles. The molecule has 1 rings (SSSR count). The summed E-state index contributed by atoms with van der Waals surface area (Å²) in [7, 11) is 0. The van der Waals surface area contributed by atoms with Crippen molar-refractivity contribution in [1.29, 1.82) is 0 Å². The minimum Gasteiger partial charge on any atom is -0.337 e. The molecule has 0 aliphatic rings. The maximum atomic E-state index is 8.36. The summed E-state index contributed by atoms with van der Waals surface area (Å²) in [6.45, 7) is 0. The van der Waals surface area contributed by atoms with Gasteiger partial charge < -0.3 is 16.3 Å². The maximum Gasteiger partial charge on any atom is 0.291 e. The SMILES string of the molecule is Nn1cnnc1.O=[N+]([O-])O.O=[N+]([O-])O. The van der Waals surface area contributed by atoms with Crippen molar-refractivity contribution in [3.05, 3.63) is 32.9 Å². The highest BCUT2D eigenvalue weighted by atomic mass is 16.9. The summed E-state index contributed by atoms with van der Waals surface area (Å²) >= 11 is 0. The molecule has 0 aliphatic carbocycles. The van der Waals surface area contributed by atoms with Crippen LogP contribution in [0.1, 0.15) is 0 Å². The van der Waals surface area contributed by atoms with E-state index in [1.807, 2.05) is 0 Å². The second-order valence-corrected chi connectivity index (χ2v) is 1.38. The zero-order valence-corrected chi connectivity index (χ0v) is 6.50. The normalized spacial score (nSPS) is 7.14. The monoisotopic (exact) mass is 210 g/mol. The molecule has 0 unspecified atom stereocenters. The van der Waals surface area contributed by atoms with Gasteiger partial charge in [-0.15, -0.1) is 30.4 Å². The van der Waals surface area contributed by atoms with Gasteiger partial charge in [-0.1, -0.05) is 0 Å². The van der Waals surface area contributed by atoms with Gasteiger partial charge >= 0.3 is 0 Å². The molecule has 4 N–H and O–H groups in total. The van der Waals surface area contributed by atoms with E-state index < -0.39 is 10.2 Å². The van der Waals surface area contributed by atoms with Crippen LogP contribution in [0.5, 0.6) is 0 Å². The average molecular weight is 210 g/mol. The van der Waals surface area contributed by atoms with E-state index in [2.05, 4.69) is 10.2 Å². The van der Waals surface area contributed by atoms with Crippen LogP contribution in [0.3, 0.4) is 0 Å². The van der Waals surface area contributed by atoms with Gasteiger partial charge in [0, 0.05) is 0 Å². The predicted molar refractivity (Wildman–Crippen MR) is 37.7 cm³/mol. The molecule has 0 aromatic carbocycles. The van der Waals surface area contributed by atoms with E-state index >= 15 is 0 Å². The number of aromatic nitrogens is 3. The summed E-state index contributed by atoms with van der Waals surface area (Å²) in [6, 6.07) is 0. The highest BCUT2D eigenvalue weighted by Gasteiger charge is 1.71. The Labute approximate surface area is 75.4 Å². The number of nitrogens with two attached hydrogens (primary N) is 1. The molecule has 0 spiro atoms. The van der Waals surface area contributed by atoms with Gasteiger partial charge in [0.05, 0.1) is 0 Å². The Bertz CT molecular complexity index is 237. The molecule has 0 bridgehead atoms. The predicted octanol–water partition coefficient (Wildman–Crippen LogP) is -1.70. The van der Waals surface area contributed by atoms with E-state index in [0.717, 1.165) is 0 Å². The number of nitrogens with zero attached hydrogens (tertiary/aromatic N) is 5. The number of hydrogen-bond acceptors (Lipinski definition) is 7. The second-order valence-electron chi connectivity index (χ2n) is 1.38. The van der Waals surface area contributed by atoms with Crippen molar-refractivity contribution in [2.75, 3.05) is 5.84 Å². The lowest BCUT2D eigenvalue weighted by Crippen LogP contribution is -2.02. The van der Waals surface area contributed by atoms with Crippen molar-refractivity contribution in [1.82, 2.24) is 14.9 Å². The third-order valence-corrected chi connectivity index (χ3v) is 0.437. The van der Waals surface area contributed by atoms with Gasteiger partial charge in [-0.05, 0) is 0 Å². The molecule has 0 atom stereocenters. The summed E-state index contributed by atoms with van der Waals surface area (Å²) in [5.41, 5.74) is 0. The zero-order chi connectivity index (χ0) is 11.6. The molecular formula is C2H6N6O6. The van der Waals surface area contributed by atoms with E-state index in [4.69, 9.17) is 36.5 Å². The van der Waals surface area contributed by atoms with Crippen LogP contribution in [0.15, 0.2) is 12.7 Å². The third kappa shape index (κ3) is 34.5. The van der Waals surface area contributed by atoms with Gasteiger partial charge in [0.2, 0.25) is 0 Å². The highest BCUT2D eigenvalue weighted by Crippen LogP contribution is 1.61. The lowest BCUT2D eigenvalue weighted by molar-refractivity contribution is -0.742. The molecule has 1 aromatic rings. The average Bonchev–Trinajstić information content (AvgIpc) is 2.36. The van der Waals surface area contributed by atoms with Gasteiger partial charge in [-0.2, -0.15) is 0 Å². The Morgan fingerprint density at radius 2 is 1.36 bits per heavy atom. The van der Waals surface area contributed by atoms with Crippen LogP contribution in [-0.4, -0.2) is 35.5 Å². The summed E-state index contributed by atoms with van der Waals surface area (Å²) in [6.07, 6.45) is 2.83. The van der Waals surface area contributed by atoms with Crippen molar-refractivity contribution in [2.24, 2.45) is 0 Å². The zero-order valence-electron chi connectivity index (χ0n) is 6.50. The van der Waals surface area contributed by atoms with Crippen LogP contribution in [0.25, 0.3) is 0 Å². The summed E-state index contributed by atoms with van der Waals surface area (Å²) < 4.78 is 1.28. The van der Waals surface area contributed by atoms with Crippen LogP contribution in [0, 0.1) is 20.2 Å². The molecule has 0 radical (unpaired) electrons. The second kappa shape index (κ2) is 8.44. The van der Waals surface area contributed by atoms with Crippen LogP contribution < -0.4 is 5.84 Å². The Morgan fingerprint density at radius 3 is 1.43 bits per heavy atom. The summed E-state index contributed by atoms with van der Waals surface area (Å²) in [5, 5.41) is 34.1. The van der Waals surface area contributed by atoms with E-state index in [1.54, 1.807) is 0 Å². The van der Waals surface area contributed by atoms with Crippen LogP contribution in [0.4, 0.5) is 0 Å². The fourth-order valence-electron chi connectivity index (χ4n) is 0.209. The Balaban J connectivity index is 0. The molecule has 1 aromatic heterocycles. The minimum absolute atomic E-state index is 1.28. The Hall–Kier alpha value is -2.66. The smallest absolute Gasteiger partial charge is 0.291 e. The van der Waals surface area contributed by atoms with Crippen molar-refractivity contribution in [2.45, 2.75) is 0 Å². The van der Waals surface area contributed by atoms with Crippen LogP contribution in [0.2, 0.25) is 0 Å². The molecule has 0 saturated heterocycles. The van der Waals surface area contributed by atoms with E-state index in [1.165, 1.54) is 17.3 Å². The molecule has 0 fully saturated rings. The largest absolute Gasteiger partial charge is 0.337 e. The number of rotatable bonds is 0. The van der Waals surface area contributed by atoms with Crippen molar-refractivity contribution in [3.63, 3.8) is 0 Å². The van der Waals surface area contributed by atoms with Gasteiger partial charge in [0.1, 0.15) is 12.7 Å². The van der Waals surface area contributed by atoms with E-state index in [9.17, 15) is 0 Å². The fraction of sp³-hybridized carbons (Fsp3) is 0. The first-order chi connectivity index (χ1) is 6.36. The molecular weight excluding hydrogens is 204 g/mol.